The molecule has 3 rings (SSSR count). The quantitative estimate of drug-likeness (QED) is 0.319. The van der Waals surface area contributed by atoms with E-state index in [1.54, 1.807) is 7.05 Å². The largest absolute Gasteiger partial charge is 0.355 e. The molecule has 160 valence electrons. The minimum Gasteiger partial charge on any atom is -0.355 e. The average molecular weight is 544 g/mol. The molecule has 0 bridgehead atoms. The van der Waals surface area contributed by atoms with E-state index in [1.165, 1.54) is 11.5 Å². The van der Waals surface area contributed by atoms with Crippen molar-refractivity contribution in [2.75, 3.05) is 75.8 Å². The van der Waals surface area contributed by atoms with Crippen LogP contribution in [0.2, 0.25) is 0 Å². The number of aromatic nitrogens is 2. The molecule has 0 aromatic carbocycles. The Morgan fingerprint density at radius 3 is 2.43 bits per heavy atom. The Morgan fingerprint density at radius 2 is 1.86 bits per heavy atom. The van der Waals surface area contributed by atoms with Crippen molar-refractivity contribution >= 4 is 56.4 Å². The molecule has 0 atom stereocenters. The first-order chi connectivity index (χ1) is 13.0. The van der Waals surface area contributed by atoms with Crippen molar-refractivity contribution in [1.82, 2.24) is 24.5 Å². The van der Waals surface area contributed by atoms with Crippen LogP contribution in [0.4, 0.5) is 5.13 Å². The average Bonchev–Trinajstić information content (AvgIpc) is 3.16. The minimum atomic E-state index is -2.81. The molecule has 12 heteroatoms. The van der Waals surface area contributed by atoms with Crippen LogP contribution in [-0.2, 0) is 16.3 Å². The summed E-state index contributed by atoms with van der Waals surface area (Å²) >= 11 is 1.48. The Kier molecular flexibility index (Phi) is 9.15. The van der Waals surface area contributed by atoms with E-state index >= 15 is 0 Å². The fraction of sp³-hybridized carbons (Fsp3) is 0.812. The highest BCUT2D eigenvalue weighted by Gasteiger charge is 2.23. The molecule has 2 aliphatic rings. The number of rotatable bonds is 5. The van der Waals surface area contributed by atoms with Gasteiger partial charge in [-0.15, -0.1) is 24.0 Å². The van der Waals surface area contributed by atoms with E-state index in [2.05, 4.69) is 41.3 Å². The first kappa shape index (κ1) is 23.5. The number of halogens is 1. The van der Waals surface area contributed by atoms with Crippen molar-refractivity contribution in [3.63, 3.8) is 0 Å². The molecule has 0 radical (unpaired) electrons. The number of sulfone groups is 1. The topological polar surface area (TPSA) is 94.0 Å². The number of hydrogen-bond donors (Lipinski definition) is 1. The number of piperazine rings is 1. The van der Waals surface area contributed by atoms with E-state index in [1.807, 2.05) is 0 Å². The van der Waals surface area contributed by atoms with E-state index in [-0.39, 0.29) is 35.5 Å². The molecule has 2 saturated heterocycles. The number of anilines is 1. The van der Waals surface area contributed by atoms with E-state index in [0.717, 1.165) is 62.6 Å². The number of hydrogen-bond acceptors (Lipinski definition) is 8. The summed E-state index contributed by atoms with van der Waals surface area (Å²) in [6, 6.07) is 0. The molecule has 0 aliphatic carbocycles. The van der Waals surface area contributed by atoms with Gasteiger partial charge in [-0.3, -0.25) is 9.89 Å². The molecule has 1 aromatic heterocycles. The molecule has 2 fully saturated rings. The second-order valence-electron chi connectivity index (χ2n) is 6.79. The van der Waals surface area contributed by atoms with Crippen molar-refractivity contribution in [2.24, 2.45) is 4.99 Å². The van der Waals surface area contributed by atoms with Gasteiger partial charge in [0.2, 0.25) is 5.13 Å². The third-order valence-corrected chi connectivity index (χ3v) is 7.41. The Bertz CT molecular complexity index is 734. The highest BCUT2D eigenvalue weighted by atomic mass is 127. The summed E-state index contributed by atoms with van der Waals surface area (Å²) in [5, 5.41) is 4.42. The molecule has 0 unspecified atom stereocenters. The Morgan fingerprint density at radius 1 is 1.18 bits per heavy atom. The Hall–Kier alpha value is -0.730. The van der Waals surface area contributed by atoms with Crippen molar-refractivity contribution in [1.29, 1.82) is 0 Å². The van der Waals surface area contributed by atoms with Crippen molar-refractivity contribution < 1.29 is 8.42 Å². The van der Waals surface area contributed by atoms with Crippen LogP contribution in [0.25, 0.3) is 0 Å². The number of nitrogens with zero attached hydrogens (tertiary/aromatic N) is 6. The van der Waals surface area contributed by atoms with Gasteiger partial charge in [-0.1, -0.05) is 6.92 Å². The summed E-state index contributed by atoms with van der Waals surface area (Å²) in [6.07, 6.45) is 0.871. The lowest BCUT2D eigenvalue weighted by Crippen LogP contribution is -2.53. The molecule has 28 heavy (non-hydrogen) atoms. The maximum Gasteiger partial charge on any atom is 0.205 e. The standard InChI is InChI=1S/C16H29N7O2S2.HI/c1-3-14-19-16(26-20-14)23-8-6-22(7-9-23)15(17-2)18-4-5-21-10-12-27(24,25)13-11-21;/h3-13H2,1-2H3,(H,17,18);1H. The summed E-state index contributed by atoms with van der Waals surface area (Å²) in [5.74, 6) is 2.37. The second kappa shape index (κ2) is 10.9. The number of aryl methyl sites for hydroxylation is 1. The first-order valence-electron chi connectivity index (χ1n) is 9.46. The van der Waals surface area contributed by atoms with Crippen LogP contribution in [-0.4, -0.2) is 104 Å². The van der Waals surface area contributed by atoms with E-state index in [4.69, 9.17) is 0 Å². The third-order valence-electron chi connectivity index (χ3n) is 4.98. The molecule has 9 nitrogen and oxygen atoms in total. The molecule has 0 spiro atoms. The van der Waals surface area contributed by atoms with Gasteiger partial charge in [0.25, 0.3) is 0 Å². The predicted molar refractivity (Wildman–Crippen MR) is 125 cm³/mol. The third kappa shape index (κ3) is 6.39. The van der Waals surface area contributed by atoms with Crippen LogP contribution in [0, 0.1) is 0 Å². The van der Waals surface area contributed by atoms with Gasteiger partial charge in [-0.25, -0.2) is 13.4 Å². The van der Waals surface area contributed by atoms with E-state index in [9.17, 15) is 8.42 Å². The monoisotopic (exact) mass is 543 g/mol. The van der Waals surface area contributed by atoms with E-state index < -0.39 is 9.84 Å². The molecular formula is C16H30IN7O2S2. The molecule has 1 aromatic rings. The highest BCUT2D eigenvalue weighted by molar-refractivity contribution is 14.0. The number of nitrogens with one attached hydrogen (secondary N) is 1. The first-order valence-corrected chi connectivity index (χ1v) is 12.1. The Balaban J connectivity index is 0.00000280. The minimum absolute atomic E-state index is 0. The second-order valence-corrected chi connectivity index (χ2v) is 9.82. The summed E-state index contributed by atoms with van der Waals surface area (Å²) in [5.41, 5.74) is 0. The van der Waals surface area contributed by atoms with Gasteiger partial charge in [-0.05, 0) is 0 Å². The van der Waals surface area contributed by atoms with Crippen molar-refractivity contribution in [3.8, 4) is 0 Å². The van der Waals surface area contributed by atoms with Gasteiger partial charge in [0.1, 0.15) is 5.82 Å². The highest BCUT2D eigenvalue weighted by Crippen LogP contribution is 2.19. The van der Waals surface area contributed by atoms with E-state index in [0.29, 0.717) is 13.1 Å². The van der Waals surface area contributed by atoms with Gasteiger partial charge in [0.05, 0.1) is 11.5 Å². The molecule has 1 N–H and O–H groups in total. The smallest absolute Gasteiger partial charge is 0.205 e. The summed E-state index contributed by atoms with van der Waals surface area (Å²) in [7, 11) is -1.01. The van der Waals surface area contributed by atoms with Crippen LogP contribution in [0.5, 0.6) is 0 Å². The summed E-state index contributed by atoms with van der Waals surface area (Å²) in [6.45, 7) is 8.52. The van der Waals surface area contributed by atoms with Crippen LogP contribution >= 0.6 is 35.5 Å². The molecular weight excluding hydrogens is 513 g/mol. The van der Waals surface area contributed by atoms with Crippen LogP contribution in [0.3, 0.4) is 0 Å². The number of aliphatic imine (C=N–C) groups is 1. The molecule has 3 heterocycles. The van der Waals surface area contributed by atoms with Gasteiger partial charge < -0.3 is 15.1 Å². The SMILES string of the molecule is CCc1nsc(N2CCN(C(=NC)NCCN3CCS(=O)(=O)CC3)CC2)n1.I. The lowest BCUT2D eigenvalue weighted by atomic mass is 10.3. The molecule has 2 aliphatic heterocycles. The van der Waals surface area contributed by atoms with Crippen molar-refractivity contribution in [3.05, 3.63) is 5.82 Å². The lowest BCUT2D eigenvalue weighted by molar-refractivity contribution is 0.296. The molecule has 0 saturated carbocycles. The van der Waals surface area contributed by atoms with Gasteiger partial charge in [0, 0.05) is 77.4 Å². The molecule has 0 amide bonds. The maximum absolute atomic E-state index is 11.5. The van der Waals surface area contributed by atoms with Gasteiger partial charge >= 0.3 is 0 Å². The van der Waals surface area contributed by atoms with Crippen LogP contribution in [0.1, 0.15) is 12.7 Å². The zero-order chi connectivity index (χ0) is 19.3. The maximum atomic E-state index is 11.5. The fourth-order valence-electron chi connectivity index (χ4n) is 3.26. The summed E-state index contributed by atoms with van der Waals surface area (Å²) < 4.78 is 27.4. The lowest BCUT2D eigenvalue weighted by Gasteiger charge is -2.36. The Labute approximate surface area is 188 Å². The predicted octanol–water partition coefficient (Wildman–Crippen LogP) is 0.146. The van der Waals surface area contributed by atoms with Crippen LogP contribution in [0.15, 0.2) is 4.99 Å². The van der Waals surface area contributed by atoms with Crippen LogP contribution < -0.4 is 10.2 Å². The van der Waals surface area contributed by atoms with Crippen molar-refractivity contribution in [2.45, 2.75) is 13.3 Å². The number of guanidine groups is 1. The fourth-order valence-corrected chi connectivity index (χ4v) is 5.34. The zero-order valence-corrected chi connectivity index (χ0v) is 20.5. The van der Waals surface area contributed by atoms with Gasteiger partial charge in [-0.2, -0.15) is 4.37 Å². The van der Waals surface area contributed by atoms with Gasteiger partial charge in [0.15, 0.2) is 15.8 Å². The zero-order valence-electron chi connectivity index (χ0n) is 16.5. The summed E-state index contributed by atoms with van der Waals surface area (Å²) in [4.78, 5) is 15.7. The normalized spacial score (nSPS) is 20.7.